The Balaban J connectivity index is 2.64. The van der Waals surface area contributed by atoms with Crippen LogP contribution < -0.4 is 0 Å². The summed E-state index contributed by atoms with van der Waals surface area (Å²) in [5.41, 5.74) is 1.89. The minimum Gasteiger partial charge on any atom is -0.481 e. The van der Waals surface area contributed by atoms with Gasteiger partial charge in [-0.3, -0.25) is 4.79 Å². The molecule has 1 atom stereocenters. The Morgan fingerprint density at radius 2 is 2.00 bits per heavy atom. The minimum atomic E-state index is -0.776. The van der Waals surface area contributed by atoms with Crippen molar-refractivity contribution in [1.29, 1.82) is 0 Å². The molecule has 1 aromatic rings. The van der Waals surface area contributed by atoms with Gasteiger partial charge in [-0.05, 0) is 17.6 Å². The normalized spacial score (nSPS) is 12.1. The van der Waals surface area contributed by atoms with Crippen LogP contribution in [-0.2, 0) is 4.79 Å². The molecule has 0 fully saturated rings. The predicted octanol–water partition coefficient (Wildman–Crippen LogP) is 2.81. The van der Waals surface area contributed by atoms with E-state index in [-0.39, 0.29) is 5.92 Å². The molecular formula is C12H14O2. The van der Waals surface area contributed by atoms with Crippen LogP contribution in [0.2, 0.25) is 0 Å². The van der Waals surface area contributed by atoms with Gasteiger partial charge >= 0.3 is 5.97 Å². The Kier molecular flexibility index (Phi) is 3.46. The van der Waals surface area contributed by atoms with Crippen molar-refractivity contribution in [1.82, 2.24) is 0 Å². The Morgan fingerprint density at radius 1 is 1.43 bits per heavy atom. The van der Waals surface area contributed by atoms with Crippen LogP contribution >= 0.6 is 0 Å². The van der Waals surface area contributed by atoms with Gasteiger partial charge in [0.15, 0.2) is 0 Å². The maximum Gasteiger partial charge on any atom is 0.306 e. The van der Waals surface area contributed by atoms with Gasteiger partial charge in [-0.2, -0.15) is 0 Å². The lowest BCUT2D eigenvalue weighted by molar-refractivity contribution is -0.140. The number of carboxylic acids is 1. The van der Waals surface area contributed by atoms with Crippen molar-refractivity contribution in [2.45, 2.75) is 13.3 Å². The quantitative estimate of drug-likeness (QED) is 0.792. The topological polar surface area (TPSA) is 37.3 Å². The van der Waals surface area contributed by atoms with Crippen LogP contribution in [0.4, 0.5) is 0 Å². The fraction of sp³-hybridized carbons (Fsp3) is 0.250. The number of rotatable bonds is 4. The first kappa shape index (κ1) is 10.5. The van der Waals surface area contributed by atoms with E-state index in [1.165, 1.54) is 0 Å². The predicted molar refractivity (Wildman–Crippen MR) is 56.9 cm³/mol. The fourth-order valence-electron chi connectivity index (χ4n) is 1.25. The number of hydrogen-bond donors (Lipinski definition) is 1. The molecule has 2 heteroatoms. The van der Waals surface area contributed by atoms with Crippen LogP contribution in [0.25, 0.3) is 5.57 Å². The van der Waals surface area contributed by atoms with E-state index < -0.39 is 5.97 Å². The molecule has 0 heterocycles. The summed E-state index contributed by atoms with van der Waals surface area (Å²) in [5.74, 6) is -1.15. The molecule has 0 unspecified atom stereocenters. The highest BCUT2D eigenvalue weighted by atomic mass is 16.4. The smallest absolute Gasteiger partial charge is 0.306 e. The zero-order valence-electron chi connectivity index (χ0n) is 8.23. The molecular weight excluding hydrogens is 176 g/mol. The molecule has 0 aliphatic carbocycles. The fourth-order valence-corrected chi connectivity index (χ4v) is 1.25. The summed E-state index contributed by atoms with van der Waals surface area (Å²) in [6.07, 6.45) is 0.499. The molecule has 0 radical (unpaired) electrons. The third-order valence-corrected chi connectivity index (χ3v) is 2.16. The van der Waals surface area contributed by atoms with Crippen molar-refractivity contribution in [3.8, 4) is 0 Å². The number of carbonyl (C=O) groups is 1. The molecule has 1 N–H and O–H groups in total. The van der Waals surface area contributed by atoms with Crippen molar-refractivity contribution in [2.75, 3.05) is 0 Å². The molecule has 0 aliphatic heterocycles. The molecule has 0 amide bonds. The largest absolute Gasteiger partial charge is 0.481 e. The summed E-state index contributed by atoms with van der Waals surface area (Å²) < 4.78 is 0. The van der Waals surface area contributed by atoms with Crippen LogP contribution in [0, 0.1) is 5.92 Å². The van der Waals surface area contributed by atoms with Crippen LogP contribution in [0.15, 0.2) is 36.9 Å². The molecule has 14 heavy (non-hydrogen) atoms. The van der Waals surface area contributed by atoms with Crippen molar-refractivity contribution in [3.05, 3.63) is 42.5 Å². The first-order valence-corrected chi connectivity index (χ1v) is 4.57. The monoisotopic (exact) mass is 190 g/mol. The first-order valence-electron chi connectivity index (χ1n) is 4.57. The van der Waals surface area contributed by atoms with Gasteiger partial charge < -0.3 is 5.11 Å². The molecule has 1 rings (SSSR count). The van der Waals surface area contributed by atoms with Gasteiger partial charge in [0.1, 0.15) is 0 Å². The second kappa shape index (κ2) is 4.61. The Morgan fingerprint density at radius 3 is 2.50 bits per heavy atom. The molecule has 0 aromatic heterocycles. The summed E-state index contributed by atoms with van der Waals surface area (Å²) in [4.78, 5) is 10.6. The zero-order chi connectivity index (χ0) is 10.6. The van der Waals surface area contributed by atoms with Crippen LogP contribution in [0.3, 0.4) is 0 Å². The van der Waals surface area contributed by atoms with Crippen molar-refractivity contribution in [2.24, 2.45) is 5.92 Å². The van der Waals surface area contributed by atoms with Gasteiger partial charge in [0.05, 0.1) is 5.92 Å². The van der Waals surface area contributed by atoms with Gasteiger partial charge in [0.25, 0.3) is 0 Å². The molecule has 0 saturated carbocycles. The Hall–Kier alpha value is -1.57. The number of carboxylic acid groups (broad SMARTS) is 1. The van der Waals surface area contributed by atoms with E-state index in [1.807, 2.05) is 30.3 Å². The third-order valence-electron chi connectivity index (χ3n) is 2.16. The highest BCUT2D eigenvalue weighted by Crippen LogP contribution is 2.20. The summed E-state index contributed by atoms with van der Waals surface area (Å²) in [5, 5.41) is 8.74. The number of allylic oxidation sites excluding steroid dienone is 1. The maximum atomic E-state index is 10.6. The first-order chi connectivity index (χ1) is 6.61. The van der Waals surface area contributed by atoms with Crippen LogP contribution in [0.1, 0.15) is 18.9 Å². The summed E-state index contributed by atoms with van der Waals surface area (Å²) in [6.45, 7) is 5.57. The second-order valence-corrected chi connectivity index (χ2v) is 3.41. The van der Waals surface area contributed by atoms with E-state index in [0.717, 1.165) is 11.1 Å². The molecule has 1 aromatic carbocycles. The van der Waals surface area contributed by atoms with Gasteiger partial charge in [0.2, 0.25) is 0 Å². The van der Waals surface area contributed by atoms with Crippen LogP contribution in [0.5, 0.6) is 0 Å². The molecule has 0 aliphatic rings. The standard InChI is InChI=1S/C12H14O2/c1-9(8-10(2)12(13)14)11-6-4-3-5-7-11/h3-7,10H,1,8H2,2H3,(H,13,14)/t10-/m0/s1. The minimum absolute atomic E-state index is 0.372. The number of benzene rings is 1. The van der Waals surface area contributed by atoms with E-state index in [1.54, 1.807) is 6.92 Å². The molecule has 74 valence electrons. The Labute approximate surface area is 83.9 Å². The molecule has 2 nitrogen and oxygen atoms in total. The van der Waals surface area contributed by atoms with Gasteiger partial charge in [-0.15, -0.1) is 0 Å². The lowest BCUT2D eigenvalue weighted by atomic mass is 9.97. The van der Waals surface area contributed by atoms with Crippen LogP contribution in [-0.4, -0.2) is 11.1 Å². The second-order valence-electron chi connectivity index (χ2n) is 3.41. The van der Waals surface area contributed by atoms with E-state index in [2.05, 4.69) is 6.58 Å². The van der Waals surface area contributed by atoms with Gasteiger partial charge in [-0.25, -0.2) is 0 Å². The summed E-state index contributed by atoms with van der Waals surface area (Å²) >= 11 is 0. The highest BCUT2D eigenvalue weighted by Gasteiger charge is 2.12. The summed E-state index contributed by atoms with van der Waals surface area (Å²) in [6, 6.07) is 9.66. The van der Waals surface area contributed by atoms with E-state index in [0.29, 0.717) is 6.42 Å². The number of aliphatic carboxylic acids is 1. The zero-order valence-corrected chi connectivity index (χ0v) is 8.23. The van der Waals surface area contributed by atoms with Gasteiger partial charge in [-0.1, -0.05) is 43.8 Å². The van der Waals surface area contributed by atoms with Gasteiger partial charge in [0, 0.05) is 0 Å². The SMILES string of the molecule is C=C(C[C@H](C)C(=O)O)c1ccccc1. The molecule has 0 spiro atoms. The lowest BCUT2D eigenvalue weighted by Gasteiger charge is -2.08. The third kappa shape index (κ3) is 2.73. The van der Waals surface area contributed by atoms with Crippen molar-refractivity contribution < 1.29 is 9.90 Å². The lowest BCUT2D eigenvalue weighted by Crippen LogP contribution is -2.09. The van der Waals surface area contributed by atoms with E-state index in [9.17, 15) is 4.79 Å². The van der Waals surface area contributed by atoms with E-state index >= 15 is 0 Å². The number of hydrogen-bond acceptors (Lipinski definition) is 1. The maximum absolute atomic E-state index is 10.6. The van der Waals surface area contributed by atoms with Crippen molar-refractivity contribution >= 4 is 11.5 Å². The van der Waals surface area contributed by atoms with E-state index in [4.69, 9.17) is 5.11 Å². The average molecular weight is 190 g/mol. The highest BCUT2D eigenvalue weighted by molar-refractivity contribution is 5.74. The Bertz CT molecular complexity index is 327. The average Bonchev–Trinajstić information content (AvgIpc) is 2.19. The van der Waals surface area contributed by atoms with Crippen molar-refractivity contribution in [3.63, 3.8) is 0 Å². The molecule has 0 saturated heterocycles. The summed E-state index contributed by atoms with van der Waals surface area (Å²) in [7, 11) is 0. The molecule has 0 bridgehead atoms.